The van der Waals surface area contributed by atoms with Gasteiger partial charge in [0.05, 0.1) is 6.54 Å². The van der Waals surface area contributed by atoms with Crippen molar-refractivity contribution >= 4 is 5.91 Å². The molecular weight excluding hydrogens is 224 g/mol. The van der Waals surface area contributed by atoms with Crippen molar-refractivity contribution in [1.29, 1.82) is 0 Å². The molecule has 1 fully saturated rings. The first-order chi connectivity index (χ1) is 8.27. The number of nitrogens with one attached hydrogen (secondary N) is 2. The van der Waals surface area contributed by atoms with E-state index in [4.69, 9.17) is 0 Å². The average Bonchev–Trinajstić information content (AvgIpc) is 2.68. The van der Waals surface area contributed by atoms with Crippen molar-refractivity contribution in [2.45, 2.75) is 60.4 Å². The van der Waals surface area contributed by atoms with Crippen LogP contribution in [0.15, 0.2) is 0 Å². The molecule has 1 saturated carbocycles. The van der Waals surface area contributed by atoms with Crippen molar-refractivity contribution in [3.05, 3.63) is 0 Å². The maximum Gasteiger partial charge on any atom is 0.234 e. The number of carbonyl (C=O) groups is 1. The summed E-state index contributed by atoms with van der Waals surface area (Å²) in [5.74, 6) is 0.797. The average molecular weight is 254 g/mol. The molecule has 0 bridgehead atoms. The Morgan fingerprint density at radius 2 is 1.61 bits per heavy atom. The second-order valence-electron chi connectivity index (χ2n) is 6.71. The first kappa shape index (κ1) is 15.5. The fraction of sp³-hybridized carbons (Fsp3) is 0.933. The number of hydrogen-bond donors (Lipinski definition) is 2. The third-order valence-corrected chi connectivity index (χ3v) is 5.30. The van der Waals surface area contributed by atoms with Gasteiger partial charge >= 0.3 is 0 Å². The van der Waals surface area contributed by atoms with Gasteiger partial charge in [-0.2, -0.15) is 0 Å². The Balaban J connectivity index is 2.22. The van der Waals surface area contributed by atoms with Gasteiger partial charge in [-0.15, -0.1) is 0 Å². The van der Waals surface area contributed by atoms with E-state index in [0.717, 1.165) is 19.4 Å². The normalized spacial score (nSPS) is 21.1. The summed E-state index contributed by atoms with van der Waals surface area (Å²) in [5.41, 5.74) is 0.789. The fourth-order valence-electron chi connectivity index (χ4n) is 2.95. The third-order valence-electron chi connectivity index (χ3n) is 5.30. The molecule has 0 saturated heterocycles. The minimum atomic E-state index is 0.125. The van der Waals surface area contributed by atoms with Crippen molar-refractivity contribution in [2.24, 2.45) is 16.7 Å². The van der Waals surface area contributed by atoms with Crippen LogP contribution in [0.1, 0.15) is 54.4 Å². The first-order valence-corrected chi connectivity index (χ1v) is 7.27. The van der Waals surface area contributed by atoms with Crippen LogP contribution in [0.4, 0.5) is 0 Å². The molecular formula is C15H30N2O. The molecule has 0 aromatic heterocycles. The summed E-state index contributed by atoms with van der Waals surface area (Å²) in [6.45, 7) is 14.8. The third kappa shape index (κ3) is 3.05. The van der Waals surface area contributed by atoms with Gasteiger partial charge in [0, 0.05) is 6.04 Å². The lowest BCUT2D eigenvalue weighted by Crippen LogP contribution is -2.40. The summed E-state index contributed by atoms with van der Waals surface area (Å²) >= 11 is 0. The molecule has 0 unspecified atom stereocenters. The molecule has 0 heterocycles. The molecule has 2 N–H and O–H groups in total. The Morgan fingerprint density at radius 3 is 2.00 bits per heavy atom. The Kier molecular flexibility index (Phi) is 4.82. The van der Waals surface area contributed by atoms with Crippen LogP contribution in [0.2, 0.25) is 0 Å². The van der Waals surface area contributed by atoms with Crippen LogP contribution in [0.3, 0.4) is 0 Å². The molecule has 0 aromatic rings. The van der Waals surface area contributed by atoms with Crippen LogP contribution in [0.5, 0.6) is 0 Å². The fourth-order valence-corrected chi connectivity index (χ4v) is 2.95. The summed E-state index contributed by atoms with van der Waals surface area (Å²) in [5, 5.41) is 6.35. The molecule has 0 aromatic carbocycles. The maximum atomic E-state index is 11.7. The lowest BCUT2D eigenvalue weighted by molar-refractivity contribution is -0.121. The van der Waals surface area contributed by atoms with Crippen LogP contribution < -0.4 is 10.6 Å². The van der Waals surface area contributed by atoms with Crippen LogP contribution in [0, 0.1) is 16.7 Å². The predicted octanol–water partition coefficient (Wildman–Crippen LogP) is 2.56. The van der Waals surface area contributed by atoms with Gasteiger partial charge < -0.3 is 10.6 Å². The highest BCUT2D eigenvalue weighted by Crippen LogP contribution is 2.67. The SMILES string of the molecule is CCC(CC)NC(=O)CNCC1C(C)(C)C1(C)C. The van der Waals surface area contributed by atoms with Gasteiger partial charge in [0.15, 0.2) is 0 Å². The van der Waals surface area contributed by atoms with E-state index in [0.29, 0.717) is 29.3 Å². The van der Waals surface area contributed by atoms with E-state index < -0.39 is 0 Å². The second-order valence-corrected chi connectivity index (χ2v) is 6.71. The smallest absolute Gasteiger partial charge is 0.234 e. The zero-order valence-corrected chi connectivity index (χ0v) is 12.9. The van der Waals surface area contributed by atoms with E-state index in [1.807, 2.05) is 0 Å². The van der Waals surface area contributed by atoms with Gasteiger partial charge in [-0.25, -0.2) is 0 Å². The molecule has 0 radical (unpaired) electrons. The van der Waals surface area contributed by atoms with Gasteiger partial charge in [0.25, 0.3) is 0 Å². The quantitative estimate of drug-likeness (QED) is 0.733. The van der Waals surface area contributed by atoms with Crippen LogP contribution in [0.25, 0.3) is 0 Å². The van der Waals surface area contributed by atoms with Crippen LogP contribution in [-0.4, -0.2) is 25.0 Å². The largest absolute Gasteiger partial charge is 0.352 e. The minimum Gasteiger partial charge on any atom is -0.352 e. The topological polar surface area (TPSA) is 41.1 Å². The molecule has 106 valence electrons. The summed E-state index contributed by atoms with van der Waals surface area (Å²) < 4.78 is 0. The van der Waals surface area contributed by atoms with E-state index in [2.05, 4.69) is 52.2 Å². The zero-order chi connectivity index (χ0) is 14.0. The lowest BCUT2D eigenvalue weighted by atomic mass is 10.0. The van der Waals surface area contributed by atoms with Gasteiger partial charge in [-0.05, 0) is 36.1 Å². The number of amides is 1. The molecule has 0 atom stereocenters. The van der Waals surface area contributed by atoms with Crippen molar-refractivity contribution in [2.75, 3.05) is 13.1 Å². The summed E-state index contributed by atoms with van der Waals surface area (Å²) in [6, 6.07) is 0.327. The van der Waals surface area contributed by atoms with Crippen molar-refractivity contribution < 1.29 is 4.79 Å². The van der Waals surface area contributed by atoms with Crippen molar-refractivity contribution in [3.63, 3.8) is 0 Å². The van der Waals surface area contributed by atoms with Crippen molar-refractivity contribution in [3.8, 4) is 0 Å². The molecule has 1 amide bonds. The van der Waals surface area contributed by atoms with E-state index in [-0.39, 0.29) is 5.91 Å². The Labute approximate surface area is 112 Å². The molecule has 3 heteroatoms. The van der Waals surface area contributed by atoms with Crippen LogP contribution in [-0.2, 0) is 4.79 Å². The number of carbonyl (C=O) groups excluding carboxylic acids is 1. The second kappa shape index (κ2) is 5.60. The summed E-state index contributed by atoms with van der Waals surface area (Å²) in [6.07, 6.45) is 2.01. The number of rotatable bonds is 7. The van der Waals surface area contributed by atoms with E-state index >= 15 is 0 Å². The molecule has 0 spiro atoms. The Bertz CT molecular complexity index is 279. The van der Waals surface area contributed by atoms with E-state index in [1.165, 1.54) is 0 Å². The molecule has 1 rings (SSSR count). The zero-order valence-electron chi connectivity index (χ0n) is 12.9. The van der Waals surface area contributed by atoms with Gasteiger partial charge in [0.1, 0.15) is 0 Å². The minimum absolute atomic E-state index is 0.125. The highest BCUT2D eigenvalue weighted by atomic mass is 16.1. The summed E-state index contributed by atoms with van der Waals surface area (Å²) in [4.78, 5) is 11.7. The highest BCUT2D eigenvalue weighted by molar-refractivity contribution is 5.78. The predicted molar refractivity (Wildman–Crippen MR) is 76.4 cm³/mol. The molecule has 0 aliphatic heterocycles. The molecule has 1 aliphatic rings. The lowest BCUT2D eigenvalue weighted by Gasteiger charge is -2.15. The van der Waals surface area contributed by atoms with Crippen molar-refractivity contribution in [1.82, 2.24) is 10.6 Å². The van der Waals surface area contributed by atoms with Crippen LogP contribution >= 0.6 is 0 Å². The maximum absolute atomic E-state index is 11.7. The van der Waals surface area contributed by atoms with Gasteiger partial charge in [0.2, 0.25) is 5.91 Å². The molecule has 3 nitrogen and oxygen atoms in total. The van der Waals surface area contributed by atoms with Gasteiger partial charge in [-0.1, -0.05) is 41.5 Å². The van der Waals surface area contributed by atoms with E-state index in [1.54, 1.807) is 0 Å². The summed E-state index contributed by atoms with van der Waals surface area (Å²) in [7, 11) is 0. The number of hydrogen-bond acceptors (Lipinski definition) is 2. The standard InChI is InChI=1S/C15H30N2O/c1-7-11(8-2)17-13(18)10-16-9-12-14(3,4)15(12,5)6/h11-12,16H,7-10H2,1-6H3,(H,17,18). The Hall–Kier alpha value is -0.570. The van der Waals surface area contributed by atoms with Gasteiger partial charge in [-0.3, -0.25) is 4.79 Å². The van der Waals surface area contributed by atoms with E-state index in [9.17, 15) is 4.79 Å². The molecule has 1 aliphatic carbocycles. The molecule has 18 heavy (non-hydrogen) atoms. The highest BCUT2D eigenvalue weighted by Gasteiger charge is 2.63. The monoisotopic (exact) mass is 254 g/mol. The Morgan fingerprint density at radius 1 is 1.11 bits per heavy atom. The first-order valence-electron chi connectivity index (χ1n) is 7.27.